The maximum Gasteiger partial charge on any atom is 0.303 e. The molecule has 0 bridgehead atoms. The van der Waals surface area contributed by atoms with E-state index in [1.165, 1.54) is 57.5 Å². The van der Waals surface area contributed by atoms with Crippen LogP contribution < -0.4 is 30.5 Å². The number of anilines is 3. The first-order valence-corrected chi connectivity index (χ1v) is 22.3. The fraction of sp³-hybridized carbons (Fsp3) is 0.436. The Morgan fingerprint density at radius 2 is 0.833 bits per heavy atom. The van der Waals surface area contributed by atoms with Gasteiger partial charge in [-0.2, -0.15) is 0 Å². The van der Waals surface area contributed by atoms with E-state index in [2.05, 4.69) is 24.8 Å². The van der Waals surface area contributed by atoms with Gasteiger partial charge in [0.1, 0.15) is 0 Å². The number of carbonyl (C=O) groups excluding carboxylic acids is 3. The van der Waals surface area contributed by atoms with Crippen LogP contribution in [-0.4, -0.2) is 74.5 Å². The Hall–Kier alpha value is -4.44. The lowest BCUT2D eigenvalue weighted by Crippen LogP contribution is -2.18. The standard InChI is InChI=1S/C11H16N2O3S.C10H14N2O3S.C7H10N2O2S.C3H5ClO.C3H6O2.C2H6.3CH4.2H2/c1-3-4-11(14)13-9-5-7-10(8-6-9)17(15,16)12-2;1-3-10(13)12-8-4-6-9(7-5-8)16(14,15)11-2;1-9-12(10,11)7-4-2-6(8)3-5-7;2*1-2-3(4)5;1-2;;;;;/h5-8,12H,3-4H2,1-2H3,(H,13,14);4-7,11H,3H2,1-2H3,(H,12,13);2-5,9H,8H2,1H3;2H2,1H3;2H2,1H3,(H,4,5);1-2H3;3*1H4;2*1H/i;;;;;;;;;2*1+2. The van der Waals surface area contributed by atoms with Gasteiger partial charge in [0.2, 0.25) is 47.1 Å². The highest BCUT2D eigenvalue weighted by Crippen LogP contribution is 2.15. The fourth-order valence-electron chi connectivity index (χ4n) is 3.14. The van der Waals surface area contributed by atoms with Gasteiger partial charge in [0.05, 0.1) is 14.7 Å². The van der Waals surface area contributed by atoms with Crippen LogP contribution in [0.3, 0.4) is 0 Å². The minimum absolute atomic E-state index is 0. The van der Waals surface area contributed by atoms with Crippen LogP contribution in [0.25, 0.3) is 0 Å². The number of nitrogens with two attached hydrogens (primary N) is 1. The number of carboxylic acid groups (broad SMARTS) is 1. The van der Waals surface area contributed by atoms with Gasteiger partial charge in [0, 0.05) is 45.6 Å². The molecule has 21 heteroatoms. The van der Waals surface area contributed by atoms with Crippen molar-refractivity contribution in [2.45, 2.75) is 111 Å². The topological polar surface area (TPSA) is 277 Å². The first-order valence-electron chi connectivity index (χ1n) is 17.4. The maximum atomic E-state index is 11.4. The molecule has 0 radical (unpaired) electrons. The van der Waals surface area contributed by atoms with E-state index in [0.29, 0.717) is 36.3 Å². The highest BCUT2D eigenvalue weighted by molar-refractivity contribution is 7.90. The van der Waals surface area contributed by atoms with Crippen molar-refractivity contribution in [1.82, 2.24) is 14.2 Å². The summed E-state index contributed by atoms with van der Waals surface area (Å²) in [5.74, 6) is -0.925. The van der Waals surface area contributed by atoms with Crippen molar-refractivity contribution in [3.05, 3.63) is 72.8 Å². The van der Waals surface area contributed by atoms with Gasteiger partial charge in [-0.15, -0.1) is 0 Å². The molecule has 0 aromatic heterocycles. The average molecular weight is 938 g/mol. The number of hydrogen-bond acceptors (Lipinski definition) is 11. The molecule has 0 fully saturated rings. The first kappa shape index (κ1) is 67.3. The Bertz CT molecular complexity index is 1960. The zero-order valence-electron chi connectivity index (χ0n) is 33.7. The molecule has 60 heavy (non-hydrogen) atoms. The maximum absolute atomic E-state index is 11.4. The third-order valence-corrected chi connectivity index (χ3v) is 10.8. The summed E-state index contributed by atoms with van der Waals surface area (Å²) < 4.78 is 74.6. The molecule has 17 nitrogen and oxygen atoms in total. The Morgan fingerprint density at radius 3 is 1.05 bits per heavy atom. The van der Waals surface area contributed by atoms with Crippen LogP contribution >= 0.6 is 11.6 Å². The second kappa shape index (κ2) is 36.4. The molecule has 0 saturated heterocycles. The van der Waals surface area contributed by atoms with Crippen molar-refractivity contribution in [2.75, 3.05) is 37.5 Å². The van der Waals surface area contributed by atoms with E-state index in [1.807, 2.05) is 20.8 Å². The molecular weight excluding hydrogens is 860 g/mol. The fourth-order valence-corrected chi connectivity index (χ4v) is 5.33. The predicted molar refractivity (Wildman–Crippen MR) is 250 cm³/mol. The van der Waals surface area contributed by atoms with Crippen LogP contribution in [-0.2, 0) is 49.2 Å². The molecule has 2 amide bonds. The van der Waals surface area contributed by atoms with Gasteiger partial charge in [0.15, 0.2) is 0 Å². The summed E-state index contributed by atoms with van der Waals surface area (Å²) in [7, 11) is -6.08. The number of halogens is 1. The second-order valence-corrected chi connectivity index (χ2v) is 16.5. The molecular formula is C39H73ClN6O11S3. The zero-order chi connectivity index (χ0) is 44.8. The number of benzene rings is 3. The molecule has 0 aliphatic rings. The summed E-state index contributed by atoms with van der Waals surface area (Å²) in [5.41, 5.74) is 7.12. The smallest absolute Gasteiger partial charge is 0.303 e. The molecule has 0 spiro atoms. The van der Waals surface area contributed by atoms with Crippen LogP contribution in [0.1, 0.15) is 98.8 Å². The number of amides is 2. The second-order valence-electron chi connectivity index (χ2n) is 10.4. The van der Waals surface area contributed by atoms with Crippen molar-refractivity contribution < 1.29 is 52.4 Å². The third kappa shape index (κ3) is 30.6. The molecule has 350 valence electrons. The van der Waals surface area contributed by atoms with E-state index in [0.717, 1.165) is 6.42 Å². The first-order chi connectivity index (χ1) is 26.6. The lowest BCUT2D eigenvalue weighted by atomic mass is 10.3. The zero-order valence-corrected chi connectivity index (χ0v) is 36.9. The summed E-state index contributed by atoms with van der Waals surface area (Å²) in [4.78, 5) is 41.9. The highest BCUT2D eigenvalue weighted by Gasteiger charge is 2.12. The number of aliphatic carboxylic acids is 1. The lowest BCUT2D eigenvalue weighted by Gasteiger charge is -2.06. The van der Waals surface area contributed by atoms with Crippen molar-refractivity contribution in [1.29, 1.82) is 0 Å². The van der Waals surface area contributed by atoms with E-state index in [4.69, 9.17) is 22.4 Å². The van der Waals surface area contributed by atoms with Crippen LogP contribution in [0, 0.1) is 0 Å². The Labute approximate surface area is 367 Å². The SMILES string of the molecule is C.C.C.CC.CCC(=O)Cl.CCC(=O)Nc1ccc(S(=O)(=O)NC)cc1.CCC(=O)O.CCCC(=O)Nc1ccc(S(=O)(=O)NC)cc1.CNS(=O)(=O)c1ccc(N)cc1.[3HH].[3HH]. The Morgan fingerprint density at radius 1 is 0.567 bits per heavy atom. The van der Waals surface area contributed by atoms with E-state index in [1.54, 1.807) is 57.2 Å². The van der Waals surface area contributed by atoms with Gasteiger partial charge in [-0.3, -0.25) is 19.2 Å². The Balaban J connectivity index is -0.000000101. The average Bonchev–Trinajstić information content (AvgIpc) is 3.20. The minimum Gasteiger partial charge on any atom is -0.481 e. The summed E-state index contributed by atoms with van der Waals surface area (Å²) in [6.07, 6.45) is 2.27. The summed E-state index contributed by atoms with van der Waals surface area (Å²) >= 11 is 4.82. The highest BCUT2D eigenvalue weighted by atomic mass is 35.5. The van der Waals surface area contributed by atoms with Gasteiger partial charge < -0.3 is 21.5 Å². The van der Waals surface area contributed by atoms with Crippen LogP contribution in [0.4, 0.5) is 17.1 Å². The van der Waals surface area contributed by atoms with E-state index in [-0.39, 0.29) is 63.3 Å². The molecule has 0 aliphatic carbocycles. The number of sulfonamides is 3. The molecule has 3 rings (SSSR count). The van der Waals surface area contributed by atoms with E-state index in [9.17, 15) is 44.4 Å². The van der Waals surface area contributed by atoms with Crippen molar-refractivity contribution >= 4 is 81.8 Å². The summed E-state index contributed by atoms with van der Waals surface area (Å²) in [6.45, 7) is 11.0. The number of nitrogens with one attached hydrogen (secondary N) is 5. The van der Waals surface area contributed by atoms with Crippen molar-refractivity contribution in [3.63, 3.8) is 0 Å². The van der Waals surface area contributed by atoms with E-state index >= 15 is 0 Å². The normalized spacial score (nSPS) is 9.77. The number of rotatable bonds is 13. The third-order valence-electron chi connectivity index (χ3n) is 6.27. The van der Waals surface area contributed by atoms with Gasteiger partial charge in [-0.25, -0.2) is 39.4 Å². The molecule has 0 heterocycles. The van der Waals surface area contributed by atoms with Gasteiger partial charge >= 0.3 is 5.97 Å². The summed E-state index contributed by atoms with van der Waals surface area (Å²) in [5, 5.41) is 12.8. The molecule has 0 atom stereocenters. The molecule has 0 aliphatic heterocycles. The number of carboxylic acids is 1. The van der Waals surface area contributed by atoms with E-state index < -0.39 is 36.0 Å². The van der Waals surface area contributed by atoms with Gasteiger partial charge in [-0.1, -0.05) is 63.8 Å². The number of hydrogen-bond donors (Lipinski definition) is 7. The van der Waals surface area contributed by atoms with Crippen molar-refractivity contribution in [3.8, 4) is 0 Å². The number of nitrogen functional groups attached to an aromatic ring is 1. The van der Waals surface area contributed by atoms with Crippen molar-refractivity contribution in [2.24, 2.45) is 0 Å². The molecule has 8 N–H and O–H groups in total. The molecule has 3 aromatic rings. The lowest BCUT2D eigenvalue weighted by molar-refractivity contribution is -0.136. The monoisotopic (exact) mass is 936 g/mol. The number of carbonyl (C=O) groups is 4. The molecule has 3 aromatic carbocycles. The Kier molecular flexibility index (Phi) is 40.9. The minimum atomic E-state index is -3.42. The van der Waals surface area contributed by atoms with Gasteiger partial charge in [0.25, 0.3) is 0 Å². The van der Waals surface area contributed by atoms with Crippen LogP contribution in [0.2, 0.25) is 0 Å². The predicted octanol–water partition coefficient (Wildman–Crippen LogP) is 7.52. The molecule has 0 saturated carbocycles. The summed E-state index contributed by atoms with van der Waals surface area (Å²) in [6, 6.07) is 18.0. The molecule has 0 unspecified atom stereocenters. The quantitative estimate of drug-likeness (QED) is 0.0647. The van der Waals surface area contributed by atoms with Crippen LogP contribution in [0.15, 0.2) is 87.5 Å². The van der Waals surface area contributed by atoms with Gasteiger partial charge in [-0.05, 0) is 112 Å². The largest absolute Gasteiger partial charge is 0.481 e. The van der Waals surface area contributed by atoms with Crippen LogP contribution in [0.5, 0.6) is 0 Å².